The second-order valence-electron chi connectivity index (χ2n) is 4.86. The first kappa shape index (κ1) is 11.3. The van der Waals surface area contributed by atoms with Crippen LogP contribution in [0.2, 0.25) is 5.02 Å². The van der Waals surface area contributed by atoms with E-state index in [0.717, 1.165) is 31.7 Å². The molecule has 0 spiro atoms. The Morgan fingerprint density at radius 3 is 2.82 bits per heavy atom. The highest BCUT2D eigenvalue weighted by molar-refractivity contribution is 6.30. The molecule has 92 valence electrons. The van der Waals surface area contributed by atoms with Crippen LogP contribution in [-0.2, 0) is 0 Å². The van der Waals surface area contributed by atoms with Crippen LogP contribution in [0.4, 0.5) is 8.78 Å². The van der Waals surface area contributed by atoms with Crippen molar-refractivity contribution in [3.63, 3.8) is 0 Å². The van der Waals surface area contributed by atoms with Crippen molar-refractivity contribution in [1.82, 2.24) is 0 Å². The Morgan fingerprint density at radius 2 is 2.00 bits per heavy atom. The lowest BCUT2D eigenvalue weighted by molar-refractivity contribution is 0.147. The fourth-order valence-electron chi connectivity index (χ4n) is 3.05. The number of hydrogen-bond acceptors (Lipinski definition) is 1. The molecule has 1 saturated carbocycles. The van der Waals surface area contributed by atoms with Gasteiger partial charge in [-0.3, -0.25) is 0 Å². The molecule has 17 heavy (non-hydrogen) atoms. The molecular formula is C13H13ClF2O. The molecule has 0 N–H and O–H groups in total. The number of ether oxygens (including phenoxy) is 1. The van der Waals surface area contributed by atoms with Gasteiger partial charge in [-0.25, -0.2) is 8.78 Å². The molecule has 0 aromatic heterocycles. The molecule has 4 heteroatoms. The maximum absolute atomic E-state index is 14.1. The summed E-state index contributed by atoms with van der Waals surface area (Å²) in [5, 5.41) is -0.143. The van der Waals surface area contributed by atoms with Crippen molar-refractivity contribution < 1.29 is 13.5 Å². The Bertz CT molecular complexity index is 461. The van der Waals surface area contributed by atoms with Crippen molar-refractivity contribution in [1.29, 1.82) is 0 Å². The average molecular weight is 259 g/mol. The van der Waals surface area contributed by atoms with Crippen molar-refractivity contribution in [3.05, 3.63) is 28.3 Å². The molecule has 0 amide bonds. The highest BCUT2D eigenvalue weighted by Crippen LogP contribution is 2.48. The predicted octanol–water partition coefficient (Wildman–Crippen LogP) is 4.28. The van der Waals surface area contributed by atoms with Gasteiger partial charge in [-0.2, -0.15) is 0 Å². The van der Waals surface area contributed by atoms with E-state index in [1.807, 2.05) is 0 Å². The van der Waals surface area contributed by atoms with Gasteiger partial charge in [0.15, 0.2) is 11.6 Å². The van der Waals surface area contributed by atoms with Crippen molar-refractivity contribution in [2.24, 2.45) is 5.92 Å². The standard InChI is InChI=1S/C13H13ClF2O/c14-9-5-10(15)13-11(12(9)16)8-4-2-1-3-7(8)6-17-13/h5,7-8H,1-4,6H2. The lowest BCUT2D eigenvalue weighted by Gasteiger charge is -2.37. The monoisotopic (exact) mass is 258 g/mol. The Hall–Kier alpha value is -0.830. The number of hydrogen-bond donors (Lipinski definition) is 0. The van der Waals surface area contributed by atoms with E-state index in [-0.39, 0.29) is 16.7 Å². The third-order valence-corrected chi connectivity index (χ3v) is 4.16. The van der Waals surface area contributed by atoms with E-state index in [1.54, 1.807) is 0 Å². The molecule has 1 aliphatic carbocycles. The summed E-state index contributed by atoms with van der Waals surface area (Å²) in [6.45, 7) is 0.496. The number of rotatable bonds is 0. The van der Waals surface area contributed by atoms with Gasteiger partial charge in [0.1, 0.15) is 5.82 Å². The predicted molar refractivity (Wildman–Crippen MR) is 61.6 cm³/mol. The summed E-state index contributed by atoms with van der Waals surface area (Å²) < 4.78 is 33.1. The summed E-state index contributed by atoms with van der Waals surface area (Å²) in [6.07, 6.45) is 4.13. The highest BCUT2D eigenvalue weighted by atomic mass is 35.5. The zero-order valence-corrected chi connectivity index (χ0v) is 10.1. The number of benzene rings is 1. The van der Waals surface area contributed by atoms with Crippen molar-refractivity contribution in [3.8, 4) is 5.75 Å². The highest BCUT2D eigenvalue weighted by Gasteiger charge is 2.37. The molecule has 1 aromatic carbocycles. The Labute approximate surface area is 104 Å². The third kappa shape index (κ3) is 1.71. The molecule has 1 heterocycles. The van der Waals surface area contributed by atoms with Gasteiger partial charge >= 0.3 is 0 Å². The lowest BCUT2D eigenvalue weighted by atomic mass is 9.74. The van der Waals surface area contributed by atoms with Gasteiger partial charge in [0.05, 0.1) is 11.6 Å². The van der Waals surface area contributed by atoms with Crippen LogP contribution in [0.1, 0.15) is 37.2 Å². The summed E-state index contributed by atoms with van der Waals surface area (Å²) in [7, 11) is 0. The number of fused-ring (bicyclic) bond motifs is 3. The van der Waals surface area contributed by atoms with Crippen molar-refractivity contribution in [2.45, 2.75) is 31.6 Å². The molecule has 1 fully saturated rings. The SMILES string of the molecule is Fc1cc(Cl)c(F)c2c1OCC1CCCCC21. The van der Waals surface area contributed by atoms with Crippen LogP contribution in [0.3, 0.4) is 0 Å². The molecule has 1 aliphatic heterocycles. The van der Waals surface area contributed by atoms with E-state index in [0.29, 0.717) is 18.1 Å². The molecule has 2 unspecified atom stereocenters. The van der Waals surface area contributed by atoms with Gasteiger partial charge < -0.3 is 4.74 Å². The smallest absolute Gasteiger partial charge is 0.167 e. The van der Waals surface area contributed by atoms with E-state index in [9.17, 15) is 8.78 Å². The zero-order valence-electron chi connectivity index (χ0n) is 9.31. The minimum atomic E-state index is -0.546. The second kappa shape index (κ2) is 4.13. The van der Waals surface area contributed by atoms with Crippen molar-refractivity contribution in [2.75, 3.05) is 6.61 Å². The van der Waals surface area contributed by atoms with E-state index in [1.165, 1.54) is 0 Å². The fourth-order valence-corrected chi connectivity index (χ4v) is 3.25. The van der Waals surface area contributed by atoms with E-state index >= 15 is 0 Å². The third-order valence-electron chi connectivity index (χ3n) is 3.88. The fraction of sp³-hybridized carbons (Fsp3) is 0.538. The summed E-state index contributed by atoms with van der Waals surface area (Å²) in [5.74, 6) is -0.588. The molecule has 0 radical (unpaired) electrons. The van der Waals surface area contributed by atoms with Crippen LogP contribution in [0.5, 0.6) is 5.75 Å². The molecule has 2 atom stereocenters. The first-order valence-corrected chi connectivity index (χ1v) is 6.36. The van der Waals surface area contributed by atoms with Gasteiger partial charge in [0.2, 0.25) is 0 Å². The van der Waals surface area contributed by atoms with Gasteiger partial charge in [0, 0.05) is 11.5 Å². The second-order valence-corrected chi connectivity index (χ2v) is 5.27. The summed E-state index contributed by atoms with van der Waals surface area (Å²) in [5.41, 5.74) is 0.367. The van der Waals surface area contributed by atoms with Crippen LogP contribution in [-0.4, -0.2) is 6.61 Å². The maximum Gasteiger partial charge on any atom is 0.167 e. The Balaban J connectivity index is 2.14. The normalized spacial score (nSPS) is 27.0. The Morgan fingerprint density at radius 1 is 1.24 bits per heavy atom. The minimum absolute atomic E-state index is 0.0701. The van der Waals surface area contributed by atoms with Gasteiger partial charge in [-0.05, 0) is 24.8 Å². The van der Waals surface area contributed by atoms with E-state index in [2.05, 4.69) is 0 Å². The van der Waals surface area contributed by atoms with Crippen molar-refractivity contribution >= 4 is 11.6 Å². The largest absolute Gasteiger partial charge is 0.490 e. The molecule has 3 rings (SSSR count). The van der Waals surface area contributed by atoms with Crippen LogP contribution in [0, 0.1) is 17.6 Å². The quantitative estimate of drug-likeness (QED) is 0.631. The first-order chi connectivity index (χ1) is 8.18. The summed E-state index contributed by atoms with van der Waals surface area (Å²) in [6, 6.07) is 0.999. The van der Waals surface area contributed by atoms with Crippen LogP contribution >= 0.6 is 11.6 Å². The van der Waals surface area contributed by atoms with E-state index < -0.39 is 11.6 Å². The molecule has 2 aliphatic rings. The number of halogens is 3. The summed E-state index contributed by atoms with van der Waals surface area (Å²) >= 11 is 5.71. The van der Waals surface area contributed by atoms with Gasteiger partial charge in [0.25, 0.3) is 0 Å². The molecule has 1 aromatic rings. The first-order valence-electron chi connectivity index (χ1n) is 5.98. The topological polar surface area (TPSA) is 9.23 Å². The van der Waals surface area contributed by atoms with Crippen LogP contribution in [0.15, 0.2) is 6.07 Å². The Kier molecular flexibility index (Phi) is 2.74. The average Bonchev–Trinajstić information content (AvgIpc) is 2.35. The zero-order chi connectivity index (χ0) is 12.0. The minimum Gasteiger partial charge on any atom is -0.490 e. The van der Waals surface area contributed by atoms with Gasteiger partial charge in [-0.15, -0.1) is 0 Å². The van der Waals surface area contributed by atoms with Crippen LogP contribution in [0.25, 0.3) is 0 Å². The van der Waals surface area contributed by atoms with E-state index in [4.69, 9.17) is 16.3 Å². The molecule has 1 nitrogen and oxygen atoms in total. The lowest BCUT2D eigenvalue weighted by Crippen LogP contribution is -2.30. The van der Waals surface area contributed by atoms with Crippen LogP contribution < -0.4 is 4.74 Å². The molecular weight excluding hydrogens is 246 g/mol. The summed E-state index contributed by atoms with van der Waals surface area (Å²) in [4.78, 5) is 0. The molecule has 0 bridgehead atoms. The molecule has 0 saturated heterocycles. The maximum atomic E-state index is 14.1. The van der Waals surface area contributed by atoms with Gasteiger partial charge in [-0.1, -0.05) is 24.4 Å².